The minimum absolute atomic E-state index is 0.00391. The van der Waals surface area contributed by atoms with E-state index in [0.29, 0.717) is 6.42 Å². The van der Waals surface area contributed by atoms with Crippen LogP contribution in [0.25, 0.3) is 0 Å². The second-order valence-electron chi connectivity index (χ2n) is 7.27. The Bertz CT molecular complexity index is 435. The predicted octanol–water partition coefficient (Wildman–Crippen LogP) is 4.88. The third kappa shape index (κ3) is 6.81. The van der Waals surface area contributed by atoms with Gasteiger partial charge in [0.2, 0.25) is 0 Å². The Labute approximate surface area is 122 Å². The molecule has 2 heteroatoms. The normalized spacial score (nSPS) is 12.5. The zero-order chi connectivity index (χ0) is 14.7. The Balaban J connectivity index is 2.81. The summed E-state index contributed by atoms with van der Waals surface area (Å²) in [5.41, 5.74) is 2.73. The molecule has 0 aliphatic carbocycles. The minimum atomic E-state index is -0.00391. The summed E-state index contributed by atoms with van der Waals surface area (Å²) < 4.78 is -0.00391. The number of rotatable bonds is 3. The van der Waals surface area contributed by atoms with Gasteiger partial charge >= 0.3 is 0 Å². The number of hydrogen-bond acceptors (Lipinski definition) is 2. The summed E-state index contributed by atoms with van der Waals surface area (Å²) in [5, 5.41) is 0.258. The topological polar surface area (TPSA) is 17.1 Å². The zero-order valence-electron chi connectivity index (χ0n) is 13.0. The number of benzene rings is 1. The molecule has 0 amide bonds. The van der Waals surface area contributed by atoms with Gasteiger partial charge in [0.05, 0.1) is 0 Å². The molecule has 1 nitrogen and oxygen atoms in total. The summed E-state index contributed by atoms with van der Waals surface area (Å²) in [5.74, 6) is 0. The van der Waals surface area contributed by atoms with Crippen LogP contribution >= 0.6 is 11.8 Å². The van der Waals surface area contributed by atoms with E-state index in [-0.39, 0.29) is 15.3 Å². The highest BCUT2D eigenvalue weighted by molar-refractivity contribution is 8.14. The van der Waals surface area contributed by atoms with E-state index in [9.17, 15) is 4.79 Å². The third-order valence-corrected chi connectivity index (χ3v) is 3.58. The molecular formula is C17H26OS. The van der Waals surface area contributed by atoms with Crippen LogP contribution < -0.4 is 0 Å². The van der Waals surface area contributed by atoms with Crippen molar-refractivity contribution in [3.8, 4) is 0 Å². The first-order valence-electron chi connectivity index (χ1n) is 6.85. The van der Waals surface area contributed by atoms with Gasteiger partial charge in [0.1, 0.15) is 0 Å². The van der Waals surface area contributed by atoms with E-state index in [1.807, 2.05) is 6.07 Å². The predicted molar refractivity (Wildman–Crippen MR) is 85.7 cm³/mol. The maximum atomic E-state index is 12.1. The molecule has 1 rings (SSSR count). The molecule has 0 bridgehead atoms. The van der Waals surface area contributed by atoms with E-state index >= 15 is 0 Å². The molecule has 1 aromatic rings. The fourth-order valence-corrected chi connectivity index (χ4v) is 2.92. The molecule has 0 aliphatic heterocycles. The summed E-state index contributed by atoms with van der Waals surface area (Å²) in [6.45, 7) is 12.9. The monoisotopic (exact) mass is 278 g/mol. The Morgan fingerprint density at radius 1 is 1.00 bits per heavy atom. The summed E-state index contributed by atoms with van der Waals surface area (Å²) in [7, 11) is 0. The number of carbonyl (C=O) groups is 1. The summed E-state index contributed by atoms with van der Waals surface area (Å²) in [6, 6.07) is 8.32. The Hall–Kier alpha value is -0.760. The van der Waals surface area contributed by atoms with Crippen molar-refractivity contribution in [1.82, 2.24) is 0 Å². The third-order valence-electron chi connectivity index (χ3n) is 2.59. The average Bonchev–Trinajstić information content (AvgIpc) is 2.15. The second kappa shape index (κ2) is 6.13. The molecule has 106 valence electrons. The number of hydrogen-bond donors (Lipinski definition) is 0. The van der Waals surface area contributed by atoms with Crippen molar-refractivity contribution in [3.05, 3.63) is 35.4 Å². The smallest absolute Gasteiger partial charge is 0.193 e. The van der Waals surface area contributed by atoms with E-state index in [0.717, 1.165) is 6.42 Å². The van der Waals surface area contributed by atoms with Crippen LogP contribution in [0.5, 0.6) is 0 Å². The zero-order valence-corrected chi connectivity index (χ0v) is 13.9. The highest BCUT2D eigenvalue weighted by Gasteiger charge is 2.19. The Morgan fingerprint density at radius 3 is 2.00 bits per heavy atom. The number of thioether (sulfide) groups is 1. The largest absolute Gasteiger partial charge is 0.287 e. The summed E-state index contributed by atoms with van der Waals surface area (Å²) >= 11 is 1.44. The van der Waals surface area contributed by atoms with Crippen molar-refractivity contribution in [2.24, 2.45) is 5.41 Å². The van der Waals surface area contributed by atoms with Crippen LogP contribution in [-0.4, -0.2) is 9.86 Å². The lowest BCUT2D eigenvalue weighted by Gasteiger charge is -2.21. The van der Waals surface area contributed by atoms with E-state index in [4.69, 9.17) is 0 Å². The lowest BCUT2D eigenvalue weighted by Crippen LogP contribution is -2.15. The van der Waals surface area contributed by atoms with Crippen LogP contribution in [-0.2, 0) is 17.6 Å². The first-order chi connectivity index (χ1) is 8.57. The molecule has 0 atom stereocenters. The first-order valence-corrected chi connectivity index (χ1v) is 7.67. The van der Waals surface area contributed by atoms with Crippen LogP contribution in [0.1, 0.15) is 52.7 Å². The van der Waals surface area contributed by atoms with Gasteiger partial charge in [0, 0.05) is 11.2 Å². The second-order valence-corrected chi connectivity index (χ2v) is 9.15. The molecule has 0 saturated carbocycles. The van der Waals surface area contributed by atoms with E-state index in [1.54, 1.807) is 0 Å². The van der Waals surface area contributed by atoms with E-state index in [1.165, 1.54) is 22.9 Å². The van der Waals surface area contributed by atoms with Crippen LogP contribution in [0.4, 0.5) is 0 Å². The molecule has 1 aromatic carbocycles. The molecule has 0 aliphatic rings. The van der Waals surface area contributed by atoms with E-state index in [2.05, 4.69) is 59.7 Å². The van der Waals surface area contributed by atoms with Crippen LogP contribution in [0.3, 0.4) is 0 Å². The van der Waals surface area contributed by atoms with Crippen molar-refractivity contribution in [2.45, 2.75) is 59.1 Å². The standard InChI is InChI=1S/C17H26OS/c1-16(2,3)12-14-10-8-7-9-13(14)11-15(18)19-17(4,5)6/h7-10H,11-12H2,1-6H3. The highest BCUT2D eigenvalue weighted by atomic mass is 32.2. The summed E-state index contributed by atoms with van der Waals surface area (Å²) in [6.07, 6.45) is 1.55. The minimum Gasteiger partial charge on any atom is -0.287 e. The van der Waals surface area contributed by atoms with Crippen LogP contribution in [0, 0.1) is 5.41 Å². The summed E-state index contributed by atoms with van der Waals surface area (Å²) in [4.78, 5) is 12.1. The van der Waals surface area contributed by atoms with Gasteiger partial charge in [0.25, 0.3) is 0 Å². The quantitative estimate of drug-likeness (QED) is 0.784. The molecular weight excluding hydrogens is 252 g/mol. The van der Waals surface area contributed by atoms with Gasteiger partial charge in [-0.3, -0.25) is 4.79 Å². The van der Waals surface area contributed by atoms with Crippen LogP contribution in [0.2, 0.25) is 0 Å². The molecule has 0 N–H and O–H groups in total. The lowest BCUT2D eigenvalue weighted by molar-refractivity contribution is -0.110. The molecule has 0 saturated heterocycles. The molecule has 19 heavy (non-hydrogen) atoms. The van der Waals surface area contributed by atoms with E-state index < -0.39 is 0 Å². The fourth-order valence-electron chi connectivity index (χ4n) is 2.01. The first kappa shape index (κ1) is 16.3. The molecule has 0 fully saturated rings. The fraction of sp³-hybridized carbons (Fsp3) is 0.588. The van der Waals surface area contributed by atoms with Crippen LogP contribution in [0.15, 0.2) is 24.3 Å². The van der Waals surface area contributed by atoms with Gasteiger partial charge in [-0.2, -0.15) is 0 Å². The van der Waals surface area contributed by atoms with Gasteiger partial charge in [0.15, 0.2) is 5.12 Å². The molecule has 0 radical (unpaired) electrons. The van der Waals surface area contributed by atoms with Crippen molar-refractivity contribution >= 4 is 16.9 Å². The van der Waals surface area contributed by atoms with Gasteiger partial charge in [-0.05, 0) is 23.0 Å². The average molecular weight is 278 g/mol. The van der Waals surface area contributed by atoms with Crippen molar-refractivity contribution in [2.75, 3.05) is 0 Å². The molecule has 0 spiro atoms. The molecule has 0 heterocycles. The SMILES string of the molecule is CC(C)(C)Cc1ccccc1CC(=O)SC(C)(C)C. The number of carbonyl (C=O) groups excluding carboxylic acids is 1. The lowest BCUT2D eigenvalue weighted by atomic mass is 9.86. The maximum absolute atomic E-state index is 12.1. The van der Waals surface area contributed by atoms with Crippen molar-refractivity contribution < 1.29 is 4.79 Å². The van der Waals surface area contributed by atoms with Crippen molar-refractivity contribution in [1.29, 1.82) is 0 Å². The molecule has 0 aromatic heterocycles. The van der Waals surface area contributed by atoms with Gasteiger partial charge in [-0.25, -0.2) is 0 Å². The Kier molecular flexibility index (Phi) is 5.26. The molecule has 0 unspecified atom stereocenters. The van der Waals surface area contributed by atoms with Crippen molar-refractivity contribution in [3.63, 3.8) is 0 Å². The maximum Gasteiger partial charge on any atom is 0.193 e. The van der Waals surface area contributed by atoms with Gasteiger partial charge in [-0.1, -0.05) is 77.6 Å². The highest BCUT2D eigenvalue weighted by Crippen LogP contribution is 2.28. The van der Waals surface area contributed by atoms with Gasteiger partial charge in [-0.15, -0.1) is 0 Å². The Morgan fingerprint density at radius 2 is 1.53 bits per heavy atom. The van der Waals surface area contributed by atoms with Gasteiger partial charge < -0.3 is 0 Å².